The van der Waals surface area contributed by atoms with Gasteiger partial charge >= 0.3 is 0 Å². The van der Waals surface area contributed by atoms with Gasteiger partial charge < -0.3 is 4.74 Å². The Labute approximate surface area is 152 Å². The maximum atomic E-state index is 12.2. The van der Waals surface area contributed by atoms with Crippen LogP contribution in [0.3, 0.4) is 0 Å². The quantitative estimate of drug-likeness (QED) is 0.577. The summed E-state index contributed by atoms with van der Waals surface area (Å²) >= 11 is 0. The van der Waals surface area contributed by atoms with Gasteiger partial charge in [0.05, 0.1) is 12.6 Å². The molecule has 1 aliphatic heterocycles. The second-order valence-corrected chi connectivity index (χ2v) is 6.61. The molecule has 0 fully saturated rings. The van der Waals surface area contributed by atoms with E-state index in [0.717, 1.165) is 34.1 Å². The van der Waals surface area contributed by atoms with Crippen molar-refractivity contribution in [3.05, 3.63) is 77.4 Å². The van der Waals surface area contributed by atoms with Crippen molar-refractivity contribution in [3.8, 4) is 5.75 Å². The van der Waals surface area contributed by atoms with Crippen molar-refractivity contribution in [2.24, 2.45) is 5.10 Å². The molecule has 4 rings (SSSR count). The Morgan fingerprint density at radius 3 is 2.96 bits per heavy atom. The second kappa shape index (κ2) is 7.00. The summed E-state index contributed by atoms with van der Waals surface area (Å²) in [4.78, 5) is 12.2. The summed E-state index contributed by atoms with van der Waals surface area (Å²) in [5.41, 5.74) is 5.75. The number of hydrogen-bond donors (Lipinski definition) is 1. The molecule has 0 saturated carbocycles. The van der Waals surface area contributed by atoms with Crippen LogP contribution in [0.15, 0.2) is 65.8 Å². The summed E-state index contributed by atoms with van der Waals surface area (Å²) in [5, 5.41) is 6.33. The fourth-order valence-electron chi connectivity index (χ4n) is 3.36. The number of nitrogens with zero attached hydrogens (tertiary/aromatic N) is 1. The van der Waals surface area contributed by atoms with Crippen molar-refractivity contribution in [3.63, 3.8) is 0 Å². The van der Waals surface area contributed by atoms with Gasteiger partial charge in [-0.1, -0.05) is 42.5 Å². The fourth-order valence-corrected chi connectivity index (χ4v) is 3.36. The molecule has 3 aromatic carbocycles. The summed E-state index contributed by atoms with van der Waals surface area (Å²) in [5.74, 6) is 0.811. The topological polar surface area (TPSA) is 50.7 Å². The highest BCUT2D eigenvalue weighted by Crippen LogP contribution is 2.28. The standard InChI is InChI=1S/C22H20N2O2/c1-15-11-19-12-16(9-10-21(19)26-15)14-23-24-22(25)13-18-7-4-6-17-5-2-3-8-20(17)18/h2-10,12,14-15H,11,13H2,1H3,(H,24,25)/b23-14+/t15-/m0/s1. The van der Waals surface area contributed by atoms with Crippen LogP contribution in [0.1, 0.15) is 23.6 Å². The zero-order valence-electron chi connectivity index (χ0n) is 14.6. The molecule has 0 radical (unpaired) electrons. The van der Waals surface area contributed by atoms with Gasteiger partial charge in [0, 0.05) is 6.42 Å². The number of carbonyl (C=O) groups excluding carboxylic acids is 1. The van der Waals surface area contributed by atoms with E-state index in [1.165, 1.54) is 5.56 Å². The smallest absolute Gasteiger partial charge is 0.244 e. The highest BCUT2D eigenvalue weighted by Gasteiger charge is 2.18. The van der Waals surface area contributed by atoms with Crippen LogP contribution in [0.4, 0.5) is 0 Å². The highest BCUT2D eigenvalue weighted by atomic mass is 16.5. The molecule has 130 valence electrons. The lowest BCUT2D eigenvalue weighted by Gasteiger charge is -2.05. The first-order chi connectivity index (χ1) is 12.7. The third-order valence-corrected chi connectivity index (χ3v) is 4.55. The molecular weight excluding hydrogens is 324 g/mol. The molecule has 26 heavy (non-hydrogen) atoms. The van der Waals surface area contributed by atoms with Gasteiger partial charge in [-0.05, 0) is 52.6 Å². The van der Waals surface area contributed by atoms with Crippen LogP contribution in [0.25, 0.3) is 10.8 Å². The van der Waals surface area contributed by atoms with Crippen LogP contribution in [-0.4, -0.2) is 18.2 Å². The molecule has 1 heterocycles. The van der Waals surface area contributed by atoms with Gasteiger partial charge in [-0.3, -0.25) is 4.79 Å². The zero-order valence-corrected chi connectivity index (χ0v) is 14.6. The van der Waals surface area contributed by atoms with E-state index in [-0.39, 0.29) is 12.0 Å². The molecule has 1 N–H and O–H groups in total. The molecule has 1 amide bonds. The van der Waals surface area contributed by atoms with E-state index in [0.29, 0.717) is 6.42 Å². The average molecular weight is 344 g/mol. The lowest BCUT2D eigenvalue weighted by Crippen LogP contribution is -2.19. The monoisotopic (exact) mass is 344 g/mol. The molecule has 0 saturated heterocycles. The van der Waals surface area contributed by atoms with E-state index in [1.54, 1.807) is 6.21 Å². The highest BCUT2D eigenvalue weighted by molar-refractivity contribution is 5.90. The predicted molar refractivity (Wildman–Crippen MR) is 104 cm³/mol. The van der Waals surface area contributed by atoms with Crippen LogP contribution in [0, 0.1) is 0 Å². The lowest BCUT2D eigenvalue weighted by atomic mass is 10.0. The summed E-state index contributed by atoms with van der Waals surface area (Å²) in [6, 6.07) is 20.0. The summed E-state index contributed by atoms with van der Waals surface area (Å²) in [6.45, 7) is 2.06. The van der Waals surface area contributed by atoms with Crippen molar-refractivity contribution in [1.29, 1.82) is 0 Å². The van der Waals surface area contributed by atoms with Crippen molar-refractivity contribution in [2.75, 3.05) is 0 Å². The Morgan fingerprint density at radius 1 is 1.19 bits per heavy atom. The maximum Gasteiger partial charge on any atom is 0.244 e. The molecule has 0 unspecified atom stereocenters. The van der Waals surface area contributed by atoms with Crippen LogP contribution >= 0.6 is 0 Å². The lowest BCUT2D eigenvalue weighted by molar-refractivity contribution is -0.120. The van der Waals surface area contributed by atoms with Gasteiger partial charge in [-0.2, -0.15) is 5.10 Å². The van der Waals surface area contributed by atoms with Crippen LogP contribution in [0.5, 0.6) is 5.75 Å². The number of nitrogens with one attached hydrogen (secondary N) is 1. The minimum atomic E-state index is -0.129. The molecule has 0 aliphatic carbocycles. The average Bonchev–Trinajstić information content (AvgIpc) is 3.01. The Kier molecular flexibility index (Phi) is 4.40. The Morgan fingerprint density at radius 2 is 2.04 bits per heavy atom. The summed E-state index contributed by atoms with van der Waals surface area (Å²) < 4.78 is 5.69. The number of hydrazone groups is 1. The second-order valence-electron chi connectivity index (χ2n) is 6.61. The number of fused-ring (bicyclic) bond motifs is 2. The Hall–Kier alpha value is -3.14. The fraction of sp³-hybridized carbons (Fsp3) is 0.182. The largest absolute Gasteiger partial charge is 0.490 e. The van der Waals surface area contributed by atoms with Gasteiger partial charge in [0.1, 0.15) is 11.9 Å². The van der Waals surface area contributed by atoms with Gasteiger partial charge in [-0.25, -0.2) is 5.43 Å². The number of rotatable bonds is 4. The Balaban J connectivity index is 1.41. The van der Waals surface area contributed by atoms with Crippen LogP contribution in [-0.2, 0) is 17.6 Å². The summed E-state index contributed by atoms with van der Waals surface area (Å²) in [7, 11) is 0. The van der Waals surface area contributed by atoms with Crippen molar-refractivity contribution < 1.29 is 9.53 Å². The van der Waals surface area contributed by atoms with Gasteiger partial charge in [-0.15, -0.1) is 0 Å². The van der Waals surface area contributed by atoms with Gasteiger partial charge in [0.2, 0.25) is 5.91 Å². The number of carbonyl (C=O) groups is 1. The zero-order chi connectivity index (χ0) is 17.9. The number of hydrogen-bond acceptors (Lipinski definition) is 3. The minimum Gasteiger partial charge on any atom is -0.490 e. The van der Waals surface area contributed by atoms with E-state index in [1.807, 2.05) is 54.6 Å². The van der Waals surface area contributed by atoms with Crippen LogP contribution < -0.4 is 10.2 Å². The normalized spacial score (nSPS) is 15.8. The molecule has 3 aromatic rings. The number of amides is 1. The van der Waals surface area contributed by atoms with Crippen molar-refractivity contribution >= 4 is 22.9 Å². The van der Waals surface area contributed by atoms with E-state index >= 15 is 0 Å². The summed E-state index contributed by atoms with van der Waals surface area (Å²) in [6.07, 6.45) is 3.10. The number of benzene rings is 3. The first-order valence-electron chi connectivity index (χ1n) is 8.77. The molecule has 4 nitrogen and oxygen atoms in total. The van der Waals surface area contributed by atoms with Gasteiger partial charge in [0.25, 0.3) is 0 Å². The molecule has 0 spiro atoms. The molecule has 0 aromatic heterocycles. The molecule has 0 bridgehead atoms. The van der Waals surface area contributed by atoms with Gasteiger partial charge in [0.15, 0.2) is 0 Å². The molecular formula is C22H20N2O2. The molecule has 1 aliphatic rings. The minimum absolute atomic E-state index is 0.129. The van der Waals surface area contributed by atoms with E-state index in [2.05, 4.69) is 23.5 Å². The van der Waals surface area contributed by atoms with Crippen molar-refractivity contribution in [1.82, 2.24) is 5.43 Å². The van der Waals surface area contributed by atoms with E-state index < -0.39 is 0 Å². The number of ether oxygens (including phenoxy) is 1. The first kappa shape index (κ1) is 16.3. The Bertz CT molecular complexity index is 989. The molecule has 1 atom stereocenters. The SMILES string of the molecule is C[C@H]1Cc2cc(/C=N/NC(=O)Cc3cccc4ccccc34)ccc2O1. The predicted octanol–water partition coefficient (Wildman–Crippen LogP) is 3.86. The van der Waals surface area contributed by atoms with Crippen LogP contribution in [0.2, 0.25) is 0 Å². The van der Waals surface area contributed by atoms with Crippen molar-refractivity contribution in [2.45, 2.75) is 25.9 Å². The third-order valence-electron chi connectivity index (χ3n) is 4.55. The van der Waals surface area contributed by atoms with E-state index in [9.17, 15) is 4.79 Å². The maximum absolute atomic E-state index is 12.2. The van der Waals surface area contributed by atoms with E-state index in [4.69, 9.17) is 4.74 Å². The third kappa shape index (κ3) is 3.45. The molecule has 4 heteroatoms. The first-order valence-corrected chi connectivity index (χ1v) is 8.77.